The van der Waals surface area contributed by atoms with Crippen LogP contribution in [0.15, 0.2) is 18.2 Å². The number of hydrogen-bond acceptors (Lipinski definition) is 4. The summed E-state index contributed by atoms with van der Waals surface area (Å²) >= 11 is 1.91. The molecule has 1 aromatic carbocycles. The van der Waals surface area contributed by atoms with E-state index in [1.165, 1.54) is 12.2 Å². The van der Waals surface area contributed by atoms with Crippen LogP contribution in [-0.4, -0.2) is 30.5 Å². The van der Waals surface area contributed by atoms with E-state index in [4.69, 9.17) is 9.47 Å². The number of carbonyl (C=O) groups is 1. The smallest absolute Gasteiger partial charge is 0.162 e. The Morgan fingerprint density at radius 3 is 2.83 bits per heavy atom. The molecular formula is C14H18O3S. The molecule has 4 heteroatoms. The zero-order chi connectivity index (χ0) is 13.0. The molecule has 0 aromatic heterocycles. The fourth-order valence-corrected chi connectivity index (χ4v) is 3.01. The molecule has 0 spiro atoms. The molecule has 1 unspecified atom stereocenters. The highest BCUT2D eigenvalue weighted by Crippen LogP contribution is 2.31. The molecule has 1 heterocycles. The number of hydrogen-bond donors (Lipinski definition) is 0. The zero-order valence-electron chi connectivity index (χ0n) is 10.8. The lowest BCUT2D eigenvalue weighted by Crippen LogP contribution is -2.23. The van der Waals surface area contributed by atoms with Crippen molar-refractivity contribution in [3.63, 3.8) is 0 Å². The summed E-state index contributed by atoms with van der Waals surface area (Å²) in [6.45, 7) is 1.56. The third kappa shape index (κ3) is 3.19. The van der Waals surface area contributed by atoms with Crippen LogP contribution < -0.4 is 9.47 Å². The third-order valence-electron chi connectivity index (χ3n) is 2.98. The summed E-state index contributed by atoms with van der Waals surface area (Å²) in [7, 11) is 1.62. The largest absolute Gasteiger partial charge is 0.493 e. The first-order chi connectivity index (χ1) is 8.70. The average Bonchev–Trinajstić information content (AvgIpc) is 2.39. The molecule has 0 radical (unpaired) electrons. The van der Waals surface area contributed by atoms with Crippen molar-refractivity contribution < 1.29 is 14.3 Å². The summed E-state index contributed by atoms with van der Waals surface area (Å²) in [5.74, 6) is 3.63. The van der Waals surface area contributed by atoms with Gasteiger partial charge in [0.1, 0.15) is 6.10 Å². The summed E-state index contributed by atoms with van der Waals surface area (Å²) in [6, 6.07) is 5.34. The fraction of sp³-hybridized carbons (Fsp3) is 0.500. The highest BCUT2D eigenvalue weighted by molar-refractivity contribution is 7.99. The van der Waals surface area contributed by atoms with Crippen molar-refractivity contribution in [1.82, 2.24) is 0 Å². The van der Waals surface area contributed by atoms with Crippen LogP contribution in [-0.2, 0) is 0 Å². The number of benzene rings is 1. The Hall–Kier alpha value is -1.16. The highest BCUT2D eigenvalue weighted by atomic mass is 32.2. The summed E-state index contributed by atoms with van der Waals surface area (Å²) < 4.78 is 11.2. The van der Waals surface area contributed by atoms with Crippen LogP contribution in [0.1, 0.15) is 30.1 Å². The van der Waals surface area contributed by atoms with Gasteiger partial charge < -0.3 is 9.47 Å². The van der Waals surface area contributed by atoms with Crippen molar-refractivity contribution in [2.24, 2.45) is 0 Å². The molecule has 1 saturated heterocycles. The molecule has 1 aliphatic rings. The molecule has 0 amide bonds. The van der Waals surface area contributed by atoms with E-state index in [1.807, 2.05) is 11.8 Å². The van der Waals surface area contributed by atoms with Crippen molar-refractivity contribution >= 4 is 17.5 Å². The lowest BCUT2D eigenvalue weighted by atomic mass is 10.1. The van der Waals surface area contributed by atoms with E-state index in [-0.39, 0.29) is 11.9 Å². The number of ketones is 1. The molecule has 1 aromatic rings. The van der Waals surface area contributed by atoms with Gasteiger partial charge in [0.15, 0.2) is 17.3 Å². The van der Waals surface area contributed by atoms with Crippen molar-refractivity contribution in [3.8, 4) is 11.5 Å². The molecular weight excluding hydrogens is 248 g/mol. The van der Waals surface area contributed by atoms with Crippen molar-refractivity contribution in [2.45, 2.75) is 25.9 Å². The minimum atomic E-state index is 0.0422. The lowest BCUT2D eigenvalue weighted by molar-refractivity contribution is 0.101. The number of ether oxygens (including phenoxy) is 2. The van der Waals surface area contributed by atoms with E-state index < -0.39 is 0 Å². The van der Waals surface area contributed by atoms with E-state index in [2.05, 4.69) is 0 Å². The first-order valence-corrected chi connectivity index (χ1v) is 7.29. The number of Topliss-reactive ketones (excluding diaryl/α,β-unsaturated/α-hetero) is 1. The average molecular weight is 266 g/mol. The van der Waals surface area contributed by atoms with E-state index in [0.717, 1.165) is 12.2 Å². The molecule has 18 heavy (non-hydrogen) atoms. The fourth-order valence-electron chi connectivity index (χ4n) is 1.97. The molecule has 0 N–H and O–H groups in total. The molecule has 1 fully saturated rings. The van der Waals surface area contributed by atoms with Crippen LogP contribution in [0.25, 0.3) is 0 Å². The van der Waals surface area contributed by atoms with E-state index in [9.17, 15) is 4.79 Å². The maximum absolute atomic E-state index is 11.4. The first-order valence-electron chi connectivity index (χ1n) is 6.14. The van der Waals surface area contributed by atoms with Gasteiger partial charge in [0.05, 0.1) is 7.11 Å². The zero-order valence-corrected chi connectivity index (χ0v) is 11.6. The second kappa shape index (κ2) is 6.14. The number of methoxy groups -OCH3 is 1. The quantitative estimate of drug-likeness (QED) is 0.784. The molecule has 1 atom stereocenters. The molecule has 3 nitrogen and oxygen atoms in total. The van der Waals surface area contributed by atoms with Gasteiger partial charge in [-0.1, -0.05) is 0 Å². The first kappa shape index (κ1) is 13.3. The van der Waals surface area contributed by atoms with Crippen LogP contribution in [0, 0.1) is 0 Å². The Bertz CT molecular complexity index is 425. The van der Waals surface area contributed by atoms with Gasteiger partial charge in [0.25, 0.3) is 0 Å². The van der Waals surface area contributed by atoms with Crippen LogP contribution in [0.3, 0.4) is 0 Å². The van der Waals surface area contributed by atoms with Crippen LogP contribution >= 0.6 is 11.8 Å². The number of thioether (sulfide) groups is 1. The molecule has 2 rings (SSSR count). The topological polar surface area (TPSA) is 35.5 Å². The third-order valence-corrected chi connectivity index (χ3v) is 4.17. The summed E-state index contributed by atoms with van der Waals surface area (Å²) in [4.78, 5) is 11.4. The Labute approximate surface area is 112 Å². The van der Waals surface area contributed by atoms with Gasteiger partial charge >= 0.3 is 0 Å². The lowest BCUT2D eigenvalue weighted by Gasteiger charge is -2.23. The van der Waals surface area contributed by atoms with E-state index >= 15 is 0 Å². The predicted molar refractivity (Wildman–Crippen MR) is 74.0 cm³/mol. The van der Waals surface area contributed by atoms with Gasteiger partial charge in [-0.3, -0.25) is 4.79 Å². The van der Waals surface area contributed by atoms with Gasteiger partial charge in [0.2, 0.25) is 0 Å². The van der Waals surface area contributed by atoms with Gasteiger partial charge in [-0.15, -0.1) is 0 Å². The van der Waals surface area contributed by atoms with Crippen molar-refractivity contribution in [2.75, 3.05) is 18.6 Å². The second-order valence-corrected chi connectivity index (χ2v) is 5.53. The molecule has 98 valence electrons. The molecule has 0 bridgehead atoms. The van der Waals surface area contributed by atoms with E-state index in [1.54, 1.807) is 32.2 Å². The second-order valence-electron chi connectivity index (χ2n) is 4.38. The standard InChI is InChI=1S/C14H18O3S/c1-10(15)11-5-6-13(16-2)14(8-11)17-12-4-3-7-18-9-12/h5-6,8,12H,3-4,7,9H2,1-2H3. The van der Waals surface area contributed by atoms with Gasteiger partial charge in [0, 0.05) is 11.3 Å². The SMILES string of the molecule is COc1ccc(C(C)=O)cc1OC1CCCSC1. The van der Waals surface area contributed by atoms with E-state index in [0.29, 0.717) is 17.1 Å². The monoisotopic (exact) mass is 266 g/mol. The Morgan fingerprint density at radius 1 is 1.39 bits per heavy atom. The maximum Gasteiger partial charge on any atom is 0.162 e. The molecule has 0 saturated carbocycles. The summed E-state index contributed by atoms with van der Waals surface area (Å²) in [5, 5.41) is 0. The minimum Gasteiger partial charge on any atom is -0.493 e. The number of carbonyl (C=O) groups excluding carboxylic acids is 1. The predicted octanol–water partition coefficient (Wildman–Crippen LogP) is 3.17. The van der Waals surface area contributed by atoms with Crippen LogP contribution in [0.4, 0.5) is 0 Å². The Kier molecular flexibility index (Phi) is 4.53. The van der Waals surface area contributed by atoms with Gasteiger partial charge in [-0.2, -0.15) is 11.8 Å². The highest BCUT2D eigenvalue weighted by Gasteiger charge is 2.18. The molecule has 0 aliphatic carbocycles. The van der Waals surface area contributed by atoms with Crippen LogP contribution in [0.2, 0.25) is 0 Å². The Balaban J connectivity index is 2.17. The summed E-state index contributed by atoms with van der Waals surface area (Å²) in [6.07, 6.45) is 2.48. The molecule has 1 aliphatic heterocycles. The van der Waals surface area contributed by atoms with Crippen LogP contribution in [0.5, 0.6) is 11.5 Å². The Morgan fingerprint density at radius 2 is 2.22 bits per heavy atom. The van der Waals surface area contributed by atoms with Crippen molar-refractivity contribution in [1.29, 1.82) is 0 Å². The van der Waals surface area contributed by atoms with Gasteiger partial charge in [-0.05, 0) is 43.7 Å². The van der Waals surface area contributed by atoms with Crippen molar-refractivity contribution in [3.05, 3.63) is 23.8 Å². The maximum atomic E-state index is 11.4. The number of rotatable bonds is 4. The minimum absolute atomic E-state index is 0.0422. The van der Waals surface area contributed by atoms with Gasteiger partial charge in [-0.25, -0.2) is 0 Å². The normalized spacial score (nSPS) is 19.3. The summed E-state index contributed by atoms with van der Waals surface area (Å²) in [5.41, 5.74) is 0.661.